The molecule has 0 bridgehead atoms. The molecule has 0 aliphatic heterocycles. The molecule has 0 atom stereocenters. The van der Waals surface area contributed by atoms with Gasteiger partial charge >= 0.3 is 0 Å². The molecule has 0 N–H and O–H groups in total. The molecule has 2 rings (SSSR count). The van der Waals surface area contributed by atoms with Gasteiger partial charge in [0.1, 0.15) is 0 Å². The zero-order valence-electron chi connectivity index (χ0n) is 10.0. The van der Waals surface area contributed by atoms with E-state index in [9.17, 15) is 0 Å². The summed E-state index contributed by atoms with van der Waals surface area (Å²) in [7, 11) is 1.96. The van der Waals surface area contributed by atoms with Crippen molar-refractivity contribution in [2.45, 2.75) is 6.92 Å². The number of nitrogens with zero attached hydrogens (tertiary/aromatic N) is 3. The quantitative estimate of drug-likeness (QED) is 0.802. The highest BCUT2D eigenvalue weighted by Crippen LogP contribution is 2.20. The first kappa shape index (κ1) is 11.3. The van der Waals surface area contributed by atoms with Crippen LogP contribution in [-0.2, 0) is 0 Å². The minimum absolute atomic E-state index is 0.700. The molecule has 0 aliphatic carbocycles. The van der Waals surface area contributed by atoms with Crippen molar-refractivity contribution in [1.82, 2.24) is 9.97 Å². The van der Waals surface area contributed by atoms with Crippen LogP contribution in [0.1, 0.15) is 12.5 Å². The van der Waals surface area contributed by atoms with Crippen LogP contribution in [0.4, 0.5) is 11.6 Å². The van der Waals surface area contributed by atoms with E-state index in [4.69, 9.17) is 0 Å². The Balaban J connectivity index is 2.23. The summed E-state index contributed by atoms with van der Waals surface area (Å²) in [5.74, 6) is 0.700. The molecule has 17 heavy (non-hydrogen) atoms. The van der Waals surface area contributed by atoms with Gasteiger partial charge in [-0.1, -0.05) is 24.3 Å². The van der Waals surface area contributed by atoms with E-state index >= 15 is 0 Å². The van der Waals surface area contributed by atoms with Gasteiger partial charge < -0.3 is 4.90 Å². The zero-order valence-corrected chi connectivity index (χ0v) is 10.0. The summed E-state index contributed by atoms with van der Waals surface area (Å²) in [6.07, 6.45) is 7.59. The van der Waals surface area contributed by atoms with Gasteiger partial charge in [-0.05, 0) is 30.7 Å². The van der Waals surface area contributed by atoms with Crippen LogP contribution in [0.2, 0.25) is 0 Å². The molecule has 0 aliphatic rings. The largest absolute Gasteiger partial charge is 0.314 e. The summed E-state index contributed by atoms with van der Waals surface area (Å²) in [6.45, 7) is 2.01. The normalized spacial score (nSPS) is 10.7. The third kappa shape index (κ3) is 2.69. The number of hydrogen-bond acceptors (Lipinski definition) is 3. The van der Waals surface area contributed by atoms with E-state index in [-0.39, 0.29) is 0 Å². The predicted molar refractivity (Wildman–Crippen MR) is 71.2 cm³/mol. The van der Waals surface area contributed by atoms with Crippen LogP contribution in [-0.4, -0.2) is 17.0 Å². The Kier molecular flexibility index (Phi) is 3.50. The lowest BCUT2D eigenvalue weighted by Gasteiger charge is -2.16. The standard InChI is InChI=1S/C14H15N3/c1-3-5-12-6-8-13(9-7-12)17(2)14-15-10-4-11-16-14/h3-11H,1-2H3/b5-3+. The van der Waals surface area contributed by atoms with Crippen LogP contribution in [0.3, 0.4) is 0 Å². The first-order valence-corrected chi connectivity index (χ1v) is 5.55. The third-order valence-electron chi connectivity index (χ3n) is 2.49. The Morgan fingerprint density at radius 3 is 2.29 bits per heavy atom. The van der Waals surface area contributed by atoms with Gasteiger partial charge in [0.2, 0.25) is 5.95 Å². The van der Waals surface area contributed by atoms with E-state index in [1.54, 1.807) is 12.4 Å². The van der Waals surface area contributed by atoms with Crippen LogP contribution >= 0.6 is 0 Å². The van der Waals surface area contributed by atoms with Crippen LogP contribution < -0.4 is 4.90 Å². The minimum Gasteiger partial charge on any atom is -0.314 e. The molecule has 0 saturated carbocycles. The highest BCUT2D eigenvalue weighted by atomic mass is 15.2. The average Bonchev–Trinajstić information content (AvgIpc) is 2.40. The van der Waals surface area contributed by atoms with Crippen molar-refractivity contribution in [3.8, 4) is 0 Å². The van der Waals surface area contributed by atoms with E-state index in [1.165, 1.54) is 5.56 Å². The highest BCUT2D eigenvalue weighted by molar-refractivity contribution is 5.60. The second-order valence-corrected chi connectivity index (χ2v) is 3.70. The molecular formula is C14H15N3. The molecule has 0 unspecified atom stereocenters. The number of aromatic nitrogens is 2. The van der Waals surface area contributed by atoms with Gasteiger partial charge in [0, 0.05) is 25.1 Å². The van der Waals surface area contributed by atoms with Gasteiger partial charge in [0.05, 0.1) is 0 Å². The van der Waals surface area contributed by atoms with E-state index < -0.39 is 0 Å². The number of anilines is 2. The SMILES string of the molecule is C/C=C/c1ccc(N(C)c2ncccn2)cc1. The predicted octanol–water partition coefficient (Wildman–Crippen LogP) is 3.28. The summed E-state index contributed by atoms with van der Waals surface area (Å²) >= 11 is 0. The van der Waals surface area contributed by atoms with Crippen molar-refractivity contribution in [1.29, 1.82) is 0 Å². The lowest BCUT2D eigenvalue weighted by atomic mass is 10.2. The topological polar surface area (TPSA) is 29.0 Å². The Labute approximate surface area is 101 Å². The maximum absolute atomic E-state index is 4.21. The summed E-state index contributed by atoms with van der Waals surface area (Å²) in [5.41, 5.74) is 2.27. The Hall–Kier alpha value is -2.16. The van der Waals surface area contributed by atoms with E-state index in [0.29, 0.717) is 5.95 Å². The van der Waals surface area contributed by atoms with Crippen molar-refractivity contribution in [2.75, 3.05) is 11.9 Å². The Morgan fingerprint density at radius 1 is 1.06 bits per heavy atom. The Morgan fingerprint density at radius 2 is 1.71 bits per heavy atom. The first-order chi connectivity index (χ1) is 8.31. The van der Waals surface area contributed by atoms with Crippen molar-refractivity contribution in [3.05, 3.63) is 54.4 Å². The molecule has 86 valence electrons. The molecule has 1 aromatic heterocycles. The second kappa shape index (κ2) is 5.25. The molecule has 3 nitrogen and oxygen atoms in total. The van der Waals surface area contributed by atoms with Crippen molar-refractivity contribution < 1.29 is 0 Å². The fourth-order valence-corrected chi connectivity index (χ4v) is 1.58. The zero-order chi connectivity index (χ0) is 12.1. The van der Waals surface area contributed by atoms with Crippen LogP contribution in [0.5, 0.6) is 0 Å². The molecule has 0 radical (unpaired) electrons. The summed E-state index contributed by atoms with van der Waals surface area (Å²) < 4.78 is 0. The lowest BCUT2D eigenvalue weighted by molar-refractivity contribution is 1.04. The molecule has 3 heteroatoms. The number of benzene rings is 1. The van der Waals surface area contributed by atoms with Gasteiger partial charge in [0.15, 0.2) is 0 Å². The molecule has 0 fully saturated rings. The molecule has 2 aromatic rings. The van der Waals surface area contributed by atoms with Crippen molar-refractivity contribution in [2.24, 2.45) is 0 Å². The molecule has 0 spiro atoms. The van der Waals surface area contributed by atoms with Gasteiger partial charge in [-0.2, -0.15) is 0 Å². The first-order valence-electron chi connectivity index (χ1n) is 5.55. The molecule has 1 heterocycles. The smallest absolute Gasteiger partial charge is 0.229 e. The van der Waals surface area contributed by atoms with E-state index in [2.05, 4.69) is 40.3 Å². The van der Waals surface area contributed by atoms with Crippen molar-refractivity contribution in [3.63, 3.8) is 0 Å². The van der Waals surface area contributed by atoms with E-state index in [1.807, 2.05) is 31.0 Å². The van der Waals surface area contributed by atoms with Gasteiger partial charge in [-0.25, -0.2) is 9.97 Å². The summed E-state index contributed by atoms with van der Waals surface area (Å²) in [5, 5.41) is 0. The van der Waals surface area contributed by atoms with Crippen LogP contribution in [0, 0.1) is 0 Å². The molecule has 0 saturated heterocycles. The fraction of sp³-hybridized carbons (Fsp3) is 0.143. The molecule has 0 amide bonds. The minimum atomic E-state index is 0.700. The van der Waals surface area contributed by atoms with Crippen LogP contribution in [0.25, 0.3) is 6.08 Å². The summed E-state index contributed by atoms with van der Waals surface area (Å²) in [4.78, 5) is 10.4. The fourth-order valence-electron chi connectivity index (χ4n) is 1.58. The number of allylic oxidation sites excluding steroid dienone is 1. The van der Waals surface area contributed by atoms with E-state index in [0.717, 1.165) is 5.69 Å². The Bertz CT molecular complexity index is 489. The second-order valence-electron chi connectivity index (χ2n) is 3.70. The van der Waals surface area contributed by atoms with Gasteiger partial charge in [-0.3, -0.25) is 0 Å². The lowest BCUT2D eigenvalue weighted by Crippen LogP contribution is -2.12. The summed E-state index contributed by atoms with van der Waals surface area (Å²) in [6, 6.07) is 10.1. The monoisotopic (exact) mass is 225 g/mol. The third-order valence-corrected chi connectivity index (χ3v) is 2.49. The van der Waals surface area contributed by atoms with Gasteiger partial charge in [-0.15, -0.1) is 0 Å². The van der Waals surface area contributed by atoms with Crippen LogP contribution in [0.15, 0.2) is 48.8 Å². The highest BCUT2D eigenvalue weighted by Gasteiger charge is 2.04. The average molecular weight is 225 g/mol. The van der Waals surface area contributed by atoms with Crippen molar-refractivity contribution >= 4 is 17.7 Å². The maximum atomic E-state index is 4.21. The number of rotatable bonds is 3. The molecular weight excluding hydrogens is 210 g/mol. The maximum Gasteiger partial charge on any atom is 0.229 e. The number of hydrogen-bond donors (Lipinski definition) is 0. The molecule has 1 aromatic carbocycles. The van der Waals surface area contributed by atoms with Gasteiger partial charge in [0.25, 0.3) is 0 Å².